The molecule has 1 atom stereocenters. The van der Waals surface area contributed by atoms with E-state index in [1.165, 1.54) is 28.2 Å². The van der Waals surface area contributed by atoms with Crippen LogP contribution in [-0.4, -0.2) is 12.3 Å². The van der Waals surface area contributed by atoms with E-state index in [-0.39, 0.29) is 0 Å². The minimum Gasteiger partial charge on any atom is -0.330 e. The summed E-state index contributed by atoms with van der Waals surface area (Å²) in [7, 11) is 0. The van der Waals surface area contributed by atoms with E-state index in [1.54, 1.807) is 0 Å². The minimum atomic E-state index is 0.403. The molecule has 1 heterocycles. The third-order valence-electron chi connectivity index (χ3n) is 2.90. The van der Waals surface area contributed by atoms with E-state index in [2.05, 4.69) is 19.1 Å². The summed E-state index contributed by atoms with van der Waals surface area (Å²) in [5.41, 5.74) is 8.37. The first-order chi connectivity index (χ1) is 7.22. The Hall–Kier alpha value is -0.180. The smallest absolute Gasteiger partial charge is 0.0547 e. The van der Waals surface area contributed by atoms with Gasteiger partial charge in [0.25, 0.3) is 0 Å². The van der Waals surface area contributed by atoms with Gasteiger partial charge in [-0.1, -0.05) is 24.6 Å². The summed E-state index contributed by atoms with van der Waals surface area (Å²) in [6.07, 6.45) is 2.42. The lowest BCUT2D eigenvalue weighted by molar-refractivity contribution is 0.767. The van der Waals surface area contributed by atoms with Crippen LogP contribution in [0, 0.1) is 0 Å². The molecular weight excluding hydrogens is 226 g/mol. The molecule has 1 nitrogen and oxygen atoms in total. The zero-order chi connectivity index (χ0) is 10.8. The van der Waals surface area contributed by atoms with Crippen LogP contribution in [0.1, 0.15) is 30.4 Å². The van der Waals surface area contributed by atoms with Gasteiger partial charge in [-0.25, -0.2) is 0 Å². The van der Waals surface area contributed by atoms with Crippen molar-refractivity contribution in [2.75, 3.05) is 12.3 Å². The van der Waals surface area contributed by atoms with Gasteiger partial charge in [0.15, 0.2) is 0 Å². The van der Waals surface area contributed by atoms with Crippen molar-refractivity contribution in [3.63, 3.8) is 0 Å². The number of thioether (sulfide) groups is 1. The summed E-state index contributed by atoms with van der Waals surface area (Å²) in [5, 5.41) is 0.910. The van der Waals surface area contributed by atoms with Crippen molar-refractivity contribution in [3.8, 4) is 0 Å². The lowest BCUT2D eigenvalue weighted by Gasteiger charge is -2.19. The normalized spacial score (nSPS) is 17.3. The Morgan fingerprint density at radius 2 is 2.33 bits per heavy atom. The fraction of sp³-hybridized carbons (Fsp3) is 0.500. The Bertz CT molecular complexity index is 365. The van der Waals surface area contributed by atoms with Crippen LogP contribution in [0.25, 0.3) is 0 Å². The Labute approximate surface area is 100 Å². The van der Waals surface area contributed by atoms with Crippen LogP contribution in [0.5, 0.6) is 0 Å². The van der Waals surface area contributed by atoms with Crippen LogP contribution in [0.2, 0.25) is 5.02 Å². The van der Waals surface area contributed by atoms with Crippen molar-refractivity contribution in [2.45, 2.75) is 30.6 Å². The van der Waals surface area contributed by atoms with Crippen molar-refractivity contribution < 1.29 is 0 Å². The number of hydrogen-bond donors (Lipinski definition) is 1. The Kier molecular flexibility index (Phi) is 3.60. The van der Waals surface area contributed by atoms with Gasteiger partial charge >= 0.3 is 0 Å². The van der Waals surface area contributed by atoms with Crippen molar-refractivity contribution in [3.05, 3.63) is 28.3 Å². The van der Waals surface area contributed by atoms with Gasteiger partial charge in [0.2, 0.25) is 0 Å². The third-order valence-corrected chi connectivity index (χ3v) is 4.58. The van der Waals surface area contributed by atoms with Gasteiger partial charge < -0.3 is 5.73 Å². The number of benzene rings is 1. The van der Waals surface area contributed by atoms with Crippen LogP contribution in [0.4, 0.5) is 0 Å². The molecule has 15 heavy (non-hydrogen) atoms. The number of hydrogen-bond acceptors (Lipinski definition) is 2. The van der Waals surface area contributed by atoms with E-state index in [9.17, 15) is 0 Å². The summed E-state index contributed by atoms with van der Waals surface area (Å²) in [5.74, 6) is 1.60. The van der Waals surface area contributed by atoms with Crippen LogP contribution >= 0.6 is 23.4 Å². The Morgan fingerprint density at radius 3 is 3.07 bits per heavy atom. The van der Waals surface area contributed by atoms with E-state index in [0.29, 0.717) is 12.5 Å². The molecule has 82 valence electrons. The standard InChI is InChI=1S/C12H16ClNS/c1-8(7-14)10-5-9-3-2-4-15-12(9)11(13)6-10/h5-6,8H,2-4,7,14H2,1H3. The zero-order valence-electron chi connectivity index (χ0n) is 8.92. The molecule has 0 aromatic heterocycles. The maximum atomic E-state index is 6.29. The topological polar surface area (TPSA) is 26.0 Å². The maximum absolute atomic E-state index is 6.29. The molecule has 0 fully saturated rings. The number of rotatable bonds is 2. The summed E-state index contributed by atoms with van der Waals surface area (Å²) in [6, 6.07) is 4.36. The highest BCUT2D eigenvalue weighted by Crippen LogP contribution is 2.37. The maximum Gasteiger partial charge on any atom is 0.0547 e. The first-order valence-electron chi connectivity index (χ1n) is 5.37. The monoisotopic (exact) mass is 241 g/mol. The lowest BCUT2D eigenvalue weighted by Crippen LogP contribution is -2.10. The van der Waals surface area contributed by atoms with Crippen LogP contribution in [-0.2, 0) is 6.42 Å². The van der Waals surface area contributed by atoms with Crippen LogP contribution in [0.15, 0.2) is 17.0 Å². The van der Waals surface area contributed by atoms with Crippen molar-refractivity contribution in [1.29, 1.82) is 0 Å². The quantitative estimate of drug-likeness (QED) is 0.859. The molecule has 0 spiro atoms. The fourth-order valence-corrected chi connectivity index (χ4v) is 3.33. The van der Waals surface area contributed by atoms with Gasteiger partial charge in [0.1, 0.15) is 0 Å². The Morgan fingerprint density at radius 1 is 1.53 bits per heavy atom. The van der Waals surface area contributed by atoms with E-state index < -0.39 is 0 Å². The lowest BCUT2D eigenvalue weighted by atomic mass is 9.97. The molecule has 1 unspecified atom stereocenters. The van der Waals surface area contributed by atoms with Gasteiger partial charge in [-0.3, -0.25) is 0 Å². The van der Waals surface area contributed by atoms with Crippen molar-refractivity contribution in [2.24, 2.45) is 5.73 Å². The van der Waals surface area contributed by atoms with Crippen LogP contribution < -0.4 is 5.73 Å². The molecule has 2 rings (SSSR count). The van der Waals surface area contributed by atoms with Crippen molar-refractivity contribution >= 4 is 23.4 Å². The number of fused-ring (bicyclic) bond motifs is 1. The second-order valence-corrected chi connectivity index (χ2v) is 5.59. The highest BCUT2D eigenvalue weighted by atomic mass is 35.5. The molecule has 1 aromatic carbocycles. The second-order valence-electron chi connectivity index (χ2n) is 4.08. The number of halogens is 1. The first kappa shape index (κ1) is 11.3. The SMILES string of the molecule is CC(CN)c1cc(Cl)c2c(c1)CCCS2. The largest absolute Gasteiger partial charge is 0.330 e. The summed E-state index contributed by atoms with van der Waals surface area (Å²) >= 11 is 8.17. The zero-order valence-corrected chi connectivity index (χ0v) is 10.5. The van der Waals surface area contributed by atoms with E-state index in [0.717, 1.165) is 11.4 Å². The van der Waals surface area contributed by atoms with E-state index in [1.807, 2.05) is 11.8 Å². The molecule has 1 aliphatic rings. The number of aryl methyl sites for hydroxylation is 1. The minimum absolute atomic E-state index is 0.403. The predicted octanol–water partition coefficient (Wildman–Crippen LogP) is 3.44. The molecular formula is C12H16ClNS. The van der Waals surface area contributed by atoms with Gasteiger partial charge in [0, 0.05) is 4.90 Å². The van der Waals surface area contributed by atoms with Gasteiger partial charge in [0.05, 0.1) is 5.02 Å². The highest BCUT2D eigenvalue weighted by molar-refractivity contribution is 7.99. The molecule has 1 aliphatic heterocycles. The molecule has 3 heteroatoms. The van der Waals surface area contributed by atoms with Gasteiger partial charge in [-0.2, -0.15) is 0 Å². The summed E-state index contributed by atoms with van der Waals surface area (Å²) in [6.45, 7) is 2.83. The summed E-state index contributed by atoms with van der Waals surface area (Å²) < 4.78 is 0. The highest BCUT2D eigenvalue weighted by Gasteiger charge is 2.16. The molecule has 0 aliphatic carbocycles. The molecule has 0 bridgehead atoms. The van der Waals surface area contributed by atoms with E-state index in [4.69, 9.17) is 17.3 Å². The molecule has 0 radical (unpaired) electrons. The first-order valence-corrected chi connectivity index (χ1v) is 6.74. The average molecular weight is 242 g/mol. The fourth-order valence-electron chi connectivity index (χ4n) is 1.88. The Balaban J connectivity index is 2.40. The molecule has 2 N–H and O–H groups in total. The van der Waals surface area contributed by atoms with Gasteiger partial charge in [-0.05, 0) is 48.3 Å². The predicted molar refractivity (Wildman–Crippen MR) is 68.0 cm³/mol. The third kappa shape index (κ3) is 2.32. The average Bonchev–Trinajstić information content (AvgIpc) is 2.28. The molecule has 0 saturated heterocycles. The summed E-state index contributed by atoms with van der Waals surface area (Å²) in [4.78, 5) is 1.29. The number of nitrogens with two attached hydrogens (primary N) is 1. The van der Waals surface area contributed by atoms with Crippen LogP contribution in [0.3, 0.4) is 0 Å². The van der Waals surface area contributed by atoms with E-state index >= 15 is 0 Å². The second kappa shape index (κ2) is 4.77. The molecule has 0 amide bonds. The van der Waals surface area contributed by atoms with Crippen molar-refractivity contribution in [1.82, 2.24) is 0 Å². The van der Waals surface area contributed by atoms with Gasteiger partial charge in [-0.15, -0.1) is 11.8 Å². The molecule has 0 saturated carbocycles. The molecule has 1 aromatic rings.